The van der Waals surface area contributed by atoms with E-state index in [-0.39, 0.29) is 23.0 Å². The van der Waals surface area contributed by atoms with Crippen molar-refractivity contribution in [3.05, 3.63) is 35.6 Å². The first-order valence-corrected chi connectivity index (χ1v) is 11.3. The fourth-order valence-electron chi connectivity index (χ4n) is 4.06. The van der Waals surface area contributed by atoms with Crippen molar-refractivity contribution in [3.63, 3.8) is 0 Å². The summed E-state index contributed by atoms with van der Waals surface area (Å²) >= 11 is 1.72. The Labute approximate surface area is 171 Å². The van der Waals surface area contributed by atoms with Gasteiger partial charge in [-0.15, -0.1) is 11.8 Å². The predicted molar refractivity (Wildman–Crippen MR) is 110 cm³/mol. The van der Waals surface area contributed by atoms with E-state index in [1.54, 1.807) is 16.7 Å². The number of benzene rings is 1. The fraction of sp³-hybridized carbons (Fsp3) is 0.619. The standard InChI is InChI=1S/C21H30FN3O2S/c1-24(2)13-12-23-19(26)18-14-28-21(16-6-4-3-5-7-16)25(18)20(27)15-8-10-17(22)11-9-15/h8-11,16,18,21H,3-7,12-14H2,1-2H3,(H,23,26)/p+1/t18-,21-/m1/s1. The highest BCUT2D eigenvalue weighted by molar-refractivity contribution is 8.00. The number of carbonyl (C=O) groups is 2. The van der Waals surface area contributed by atoms with Crippen molar-refractivity contribution in [1.82, 2.24) is 10.2 Å². The number of amides is 2. The first-order valence-electron chi connectivity index (χ1n) is 10.2. The summed E-state index contributed by atoms with van der Waals surface area (Å²) in [4.78, 5) is 29.2. The Balaban J connectivity index is 1.78. The molecular formula is C21H31FN3O2S+. The van der Waals surface area contributed by atoms with Crippen molar-refractivity contribution >= 4 is 23.6 Å². The maximum absolute atomic E-state index is 13.3. The number of rotatable bonds is 6. The molecule has 1 saturated heterocycles. The van der Waals surface area contributed by atoms with Gasteiger partial charge in [-0.1, -0.05) is 19.3 Å². The minimum Gasteiger partial charge on any atom is -0.349 e. The van der Waals surface area contributed by atoms with Gasteiger partial charge in [0.15, 0.2) is 0 Å². The van der Waals surface area contributed by atoms with Gasteiger partial charge in [0.1, 0.15) is 11.9 Å². The van der Waals surface area contributed by atoms with Gasteiger partial charge in [-0.2, -0.15) is 0 Å². The smallest absolute Gasteiger partial charge is 0.255 e. The van der Waals surface area contributed by atoms with Crippen molar-refractivity contribution in [2.45, 2.75) is 43.5 Å². The van der Waals surface area contributed by atoms with Gasteiger partial charge in [0.25, 0.3) is 5.91 Å². The summed E-state index contributed by atoms with van der Waals surface area (Å²) in [5.74, 6) is 0.430. The van der Waals surface area contributed by atoms with E-state index in [4.69, 9.17) is 0 Å². The number of halogens is 1. The lowest BCUT2D eigenvalue weighted by molar-refractivity contribution is -0.856. The zero-order valence-electron chi connectivity index (χ0n) is 16.7. The SMILES string of the molecule is C[NH+](C)CCNC(=O)[C@H]1CS[C@H](C2CCCCC2)N1C(=O)c1ccc(F)cc1. The molecule has 154 valence electrons. The average molecular weight is 409 g/mol. The number of nitrogens with one attached hydrogen (secondary N) is 2. The Morgan fingerprint density at radius 1 is 1.18 bits per heavy atom. The summed E-state index contributed by atoms with van der Waals surface area (Å²) in [7, 11) is 4.09. The summed E-state index contributed by atoms with van der Waals surface area (Å²) in [6, 6.07) is 5.18. The van der Waals surface area contributed by atoms with E-state index < -0.39 is 6.04 Å². The number of hydrogen-bond donors (Lipinski definition) is 2. The van der Waals surface area contributed by atoms with Crippen LogP contribution in [0.4, 0.5) is 4.39 Å². The number of likely N-dealkylation sites (N-methyl/N-ethyl adjacent to an activating group) is 1. The third-order valence-corrected chi connectivity index (χ3v) is 7.10. The Kier molecular flexibility index (Phi) is 7.35. The second kappa shape index (κ2) is 9.74. The lowest BCUT2D eigenvalue weighted by Crippen LogP contribution is -3.06. The summed E-state index contributed by atoms with van der Waals surface area (Å²) < 4.78 is 13.3. The van der Waals surface area contributed by atoms with E-state index in [2.05, 4.69) is 5.32 Å². The van der Waals surface area contributed by atoms with Crippen molar-refractivity contribution < 1.29 is 18.9 Å². The molecule has 0 spiro atoms. The average Bonchev–Trinajstić information content (AvgIpc) is 3.13. The van der Waals surface area contributed by atoms with Crippen LogP contribution in [0, 0.1) is 11.7 Å². The van der Waals surface area contributed by atoms with Gasteiger partial charge >= 0.3 is 0 Å². The van der Waals surface area contributed by atoms with Crippen LogP contribution in [0.2, 0.25) is 0 Å². The molecule has 1 heterocycles. The van der Waals surface area contributed by atoms with Crippen molar-refractivity contribution in [1.29, 1.82) is 0 Å². The van der Waals surface area contributed by atoms with Crippen molar-refractivity contribution in [2.24, 2.45) is 5.92 Å². The molecular weight excluding hydrogens is 377 g/mol. The second-order valence-electron chi connectivity index (χ2n) is 8.11. The van der Waals surface area contributed by atoms with Gasteiger partial charge in [-0.25, -0.2) is 4.39 Å². The number of hydrogen-bond acceptors (Lipinski definition) is 3. The van der Waals surface area contributed by atoms with Gasteiger partial charge in [-0.3, -0.25) is 9.59 Å². The van der Waals surface area contributed by atoms with Crippen LogP contribution in [-0.4, -0.2) is 61.1 Å². The van der Waals surface area contributed by atoms with E-state index in [1.807, 2.05) is 14.1 Å². The van der Waals surface area contributed by atoms with Crippen molar-refractivity contribution in [2.75, 3.05) is 32.9 Å². The molecule has 1 aliphatic heterocycles. The lowest BCUT2D eigenvalue weighted by atomic mass is 9.88. The summed E-state index contributed by atoms with van der Waals surface area (Å²) in [5, 5.41) is 3.02. The van der Waals surface area contributed by atoms with Crippen LogP contribution in [0.3, 0.4) is 0 Å². The van der Waals surface area contributed by atoms with Crippen LogP contribution in [-0.2, 0) is 4.79 Å². The molecule has 7 heteroatoms. The molecule has 1 aromatic rings. The molecule has 5 nitrogen and oxygen atoms in total. The van der Waals surface area contributed by atoms with Crippen molar-refractivity contribution in [3.8, 4) is 0 Å². The molecule has 2 atom stereocenters. The molecule has 2 N–H and O–H groups in total. The second-order valence-corrected chi connectivity index (χ2v) is 9.25. The van der Waals surface area contributed by atoms with E-state index in [1.165, 1.54) is 48.4 Å². The molecule has 1 aliphatic carbocycles. The highest BCUT2D eigenvalue weighted by atomic mass is 32.2. The minimum absolute atomic E-state index is 0.0214. The molecule has 1 saturated carbocycles. The van der Waals surface area contributed by atoms with Crippen LogP contribution < -0.4 is 10.2 Å². The highest BCUT2D eigenvalue weighted by Gasteiger charge is 2.45. The number of carbonyl (C=O) groups excluding carboxylic acids is 2. The third-order valence-electron chi connectivity index (χ3n) is 5.64. The van der Waals surface area contributed by atoms with Crippen LogP contribution in [0.1, 0.15) is 42.5 Å². The maximum Gasteiger partial charge on any atom is 0.255 e. The molecule has 3 rings (SSSR count). The van der Waals surface area contributed by atoms with E-state index in [0.29, 0.717) is 23.8 Å². The summed E-state index contributed by atoms with van der Waals surface area (Å²) in [6.45, 7) is 1.43. The molecule has 2 amide bonds. The Hall–Kier alpha value is -1.60. The largest absolute Gasteiger partial charge is 0.349 e. The highest BCUT2D eigenvalue weighted by Crippen LogP contribution is 2.41. The molecule has 0 bridgehead atoms. The molecule has 28 heavy (non-hydrogen) atoms. The van der Waals surface area contributed by atoms with Gasteiger partial charge in [0.2, 0.25) is 5.91 Å². The number of thioether (sulfide) groups is 1. The summed E-state index contributed by atoms with van der Waals surface area (Å²) in [6.07, 6.45) is 5.81. The third kappa shape index (κ3) is 5.06. The maximum atomic E-state index is 13.3. The molecule has 0 unspecified atom stereocenters. The van der Waals surface area contributed by atoms with Gasteiger partial charge in [0, 0.05) is 11.3 Å². The monoisotopic (exact) mass is 408 g/mol. The molecule has 2 fully saturated rings. The zero-order valence-corrected chi connectivity index (χ0v) is 17.6. The van der Waals surface area contributed by atoms with E-state index in [9.17, 15) is 14.0 Å². The van der Waals surface area contributed by atoms with Gasteiger partial charge in [-0.05, 0) is 43.0 Å². The van der Waals surface area contributed by atoms with Crippen LogP contribution >= 0.6 is 11.8 Å². The predicted octanol–water partition coefficient (Wildman–Crippen LogP) is 1.55. The molecule has 2 aliphatic rings. The molecule has 0 aromatic heterocycles. The summed E-state index contributed by atoms with van der Waals surface area (Å²) in [5.41, 5.74) is 0.445. The molecule has 0 radical (unpaired) electrons. The number of quaternary nitrogens is 1. The Bertz CT molecular complexity index is 677. The number of nitrogens with zero attached hydrogens (tertiary/aromatic N) is 1. The van der Waals surface area contributed by atoms with Crippen LogP contribution in [0.15, 0.2) is 24.3 Å². The lowest BCUT2D eigenvalue weighted by Gasteiger charge is -2.35. The van der Waals surface area contributed by atoms with Gasteiger partial charge in [0.05, 0.1) is 32.6 Å². The quantitative estimate of drug-likeness (QED) is 0.751. The first-order chi connectivity index (χ1) is 13.5. The fourth-order valence-corrected chi connectivity index (χ4v) is 5.70. The van der Waals surface area contributed by atoms with E-state index in [0.717, 1.165) is 19.4 Å². The van der Waals surface area contributed by atoms with Crippen LogP contribution in [0.5, 0.6) is 0 Å². The minimum atomic E-state index is -0.466. The van der Waals surface area contributed by atoms with Crippen LogP contribution in [0.25, 0.3) is 0 Å². The normalized spacial score (nSPS) is 23.2. The Morgan fingerprint density at radius 3 is 2.50 bits per heavy atom. The topological polar surface area (TPSA) is 53.9 Å². The first kappa shape index (κ1) is 21.1. The Morgan fingerprint density at radius 2 is 1.86 bits per heavy atom. The zero-order chi connectivity index (χ0) is 20.1. The van der Waals surface area contributed by atoms with Gasteiger partial charge < -0.3 is 15.1 Å². The van der Waals surface area contributed by atoms with E-state index >= 15 is 0 Å². The molecule has 1 aromatic carbocycles.